The fourth-order valence-electron chi connectivity index (χ4n) is 4.83. The van der Waals surface area contributed by atoms with Crippen LogP contribution in [0.3, 0.4) is 0 Å². The van der Waals surface area contributed by atoms with Crippen LogP contribution in [0.25, 0.3) is 0 Å². The Morgan fingerprint density at radius 3 is 2.50 bits per heavy atom. The highest BCUT2D eigenvalue weighted by Gasteiger charge is 2.33. The Morgan fingerprint density at radius 2 is 1.88 bits per heavy atom. The van der Waals surface area contributed by atoms with Gasteiger partial charge in [-0.2, -0.15) is 5.26 Å². The normalized spacial score (nSPS) is 22.4. The fourth-order valence-corrected chi connectivity index (χ4v) is 5.82. The first kappa shape index (κ1) is 24.8. The molecule has 4 rings (SSSR count). The number of rotatable bonds is 7. The topological polar surface area (TPSA) is 70.4 Å². The molecular weight excluding hydrogens is 444 g/mol. The molecule has 1 N–H and O–H groups in total. The Kier molecular flexibility index (Phi) is 8.02. The Hall–Kier alpha value is -2.27. The molecule has 0 amide bonds. The van der Waals surface area contributed by atoms with Gasteiger partial charge >= 0.3 is 0 Å². The molecule has 34 heavy (non-hydrogen) atoms. The maximum absolute atomic E-state index is 10.2. The first-order chi connectivity index (χ1) is 16.4. The molecule has 2 aliphatic rings. The molecule has 3 atom stereocenters. The number of pyridine rings is 1. The summed E-state index contributed by atoms with van der Waals surface area (Å²) in [6.07, 6.45) is 2.10. The molecule has 7 heteroatoms. The maximum Gasteiger partial charge on any atom is 0.135 e. The van der Waals surface area contributed by atoms with Crippen LogP contribution in [-0.2, 0) is 28.9 Å². The van der Waals surface area contributed by atoms with Crippen molar-refractivity contribution in [2.75, 3.05) is 36.1 Å². The van der Waals surface area contributed by atoms with Crippen molar-refractivity contribution in [1.29, 1.82) is 5.26 Å². The van der Waals surface area contributed by atoms with Crippen LogP contribution in [0.1, 0.15) is 49.9 Å². The van der Waals surface area contributed by atoms with E-state index in [2.05, 4.69) is 68.2 Å². The molecule has 0 radical (unpaired) electrons. The monoisotopic (exact) mass is 480 g/mol. The third-order valence-electron chi connectivity index (χ3n) is 6.65. The smallest absolute Gasteiger partial charge is 0.135 e. The first-order valence-corrected chi connectivity index (χ1v) is 13.3. The van der Waals surface area contributed by atoms with Crippen LogP contribution in [0, 0.1) is 17.2 Å². The van der Waals surface area contributed by atoms with E-state index in [4.69, 9.17) is 14.5 Å². The molecule has 2 aromatic rings. The van der Waals surface area contributed by atoms with Crippen LogP contribution < -0.4 is 10.2 Å². The van der Waals surface area contributed by atoms with Gasteiger partial charge in [0, 0.05) is 43.6 Å². The van der Waals surface area contributed by atoms with Gasteiger partial charge in [-0.25, -0.2) is 4.98 Å². The molecule has 0 saturated carbocycles. The maximum atomic E-state index is 10.2. The highest BCUT2D eigenvalue weighted by atomic mass is 32.2. The SMILES string of the molecule is CNc1ccc(CCSc2nc(N3CC(C)OC(C)C3)c3c(c2C#N)CC(C(C)C)OC3)cc1. The number of fused-ring (bicyclic) bond motifs is 1. The lowest BCUT2D eigenvalue weighted by atomic mass is 9.91. The molecule has 0 aliphatic carbocycles. The molecule has 182 valence electrons. The molecule has 1 saturated heterocycles. The number of nitrogens with one attached hydrogen (secondary N) is 1. The third kappa shape index (κ3) is 5.51. The van der Waals surface area contributed by atoms with Gasteiger partial charge in [-0.05, 0) is 49.4 Å². The van der Waals surface area contributed by atoms with Gasteiger partial charge < -0.3 is 19.7 Å². The van der Waals surface area contributed by atoms with Crippen LogP contribution in [0.2, 0.25) is 0 Å². The van der Waals surface area contributed by atoms with Gasteiger partial charge in [-0.1, -0.05) is 26.0 Å². The lowest BCUT2D eigenvalue weighted by Gasteiger charge is -2.39. The van der Waals surface area contributed by atoms with Crippen molar-refractivity contribution in [2.24, 2.45) is 5.92 Å². The van der Waals surface area contributed by atoms with E-state index < -0.39 is 0 Å². The second kappa shape index (κ2) is 11.0. The predicted molar refractivity (Wildman–Crippen MR) is 139 cm³/mol. The molecular formula is C27H36N4O2S. The molecule has 6 nitrogen and oxygen atoms in total. The number of ether oxygens (including phenoxy) is 2. The van der Waals surface area contributed by atoms with Gasteiger partial charge in [0.25, 0.3) is 0 Å². The quantitative estimate of drug-likeness (QED) is 0.557. The second-order valence-corrected chi connectivity index (χ2v) is 10.8. The van der Waals surface area contributed by atoms with Gasteiger partial charge in [-0.3, -0.25) is 0 Å². The molecule has 1 aromatic heterocycles. The average Bonchev–Trinajstić information content (AvgIpc) is 2.82. The Balaban J connectivity index is 1.64. The predicted octanol–water partition coefficient (Wildman–Crippen LogP) is 5.04. The second-order valence-electron chi connectivity index (χ2n) is 9.69. The molecule has 1 aromatic carbocycles. The van der Waals surface area contributed by atoms with Crippen LogP contribution in [-0.4, -0.2) is 49.2 Å². The van der Waals surface area contributed by atoms with Gasteiger partial charge in [-0.15, -0.1) is 11.8 Å². The van der Waals surface area contributed by atoms with E-state index >= 15 is 0 Å². The minimum absolute atomic E-state index is 0.126. The zero-order valence-electron chi connectivity index (χ0n) is 20.9. The summed E-state index contributed by atoms with van der Waals surface area (Å²) in [6, 6.07) is 11.0. The standard InChI is InChI=1S/C27H36N4O2S/c1-17(2)25-12-22-23(13-28)27(34-11-10-20-6-8-21(29-5)9-7-20)30-26(24(22)16-32-25)31-14-18(3)33-19(4)15-31/h6-9,17-19,25,29H,10-12,14-16H2,1-5H3. The van der Waals surface area contributed by atoms with Crippen molar-refractivity contribution in [3.63, 3.8) is 0 Å². The average molecular weight is 481 g/mol. The summed E-state index contributed by atoms with van der Waals surface area (Å²) in [6.45, 7) is 10.7. The number of hydrogen-bond donors (Lipinski definition) is 1. The van der Waals surface area contributed by atoms with E-state index in [0.29, 0.717) is 12.5 Å². The highest BCUT2D eigenvalue weighted by Crippen LogP contribution is 2.38. The van der Waals surface area contributed by atoms with Gasteiger partial charge in [0.1, 0.15) is 16.9 Å². The van der Waals surface area contributed by atoms with E-state index in [1.165, 1.54) is 5.56 Å². The number of aromatic nitrogens is 1. The van der Waals surface area contributed by atoms with Crippen LogP contribution in [0.4, 0.5) is 11.5 Å². The number of morpholine rings is 1. The van der Waals surface area contributed by atoms with E-state index in [9.17, 15) is 5.26 Å². The first-order valence-electron chi connectivity index (χ1n) is 12.3. The Bertz CT molecular complexity index is 1020. The summed E-state index contributed by atoms with van der Waals surface area (Å²) >= 11 is 1.69. The Labute approximate surface area is 208 Å². The summed E-state index contributed by atoms with van der Waals surface area (Å²) in [7, 11) is 1.93. The van der Waals surface area contributed by atoms with Crippen molar-refractivity contribution in [3.05, 3.63) is 46.5 Å². The van der Waals surface area contributed by atoms with Gasteiger partial charge in [0.15, 0.2) is 0 Å². The van der Waals surface area contributed by atoms with E-state index in [-0.39, 0.29) is 18.3 Å². The van der Waals surface area contributed by atoms with Crippen LogP contribution in [0.5, 0.6) is 0 Å². The number of thioether (sulfide) groups is 1. The Morgan fingerprint density at radius 1 is 1.18 bits per heavy atom. The van der Waals surface area contributed by atoms with Gasteiger partial charge in [0.2, 0.25) is 0 Å². The number of nitrogens with zero attached hydrogens (tertiary/aromatic N) is 3. The summed E-state index contributed by atoms with van der Waals surface area (Å²) in [5.74, 6) is 2.24. The number of benzene rings is 1. The van der Waals surface area contributed by atoms with Crippen molar-refractivity contribution in [3.8, 4) is 6.07 Å². The lowest BCUT2D eigenvalue weighted by molar-refractivity contribution is -0.00820. The van der Waals surface area contributed by atoms with Crippen molar-refractivity contribution in [1.82, 2.24) is 4.98 Å². The molecule has 0 spiro atoms. The summed E-state index contributed by atoms with van der Waals surface area (Å²) in [4.78, 5) is 7.43. The molecule has 1 fully saturated rings. The summed E-state index contributed by atoms with van der Waals surface area (Å²) < 4.78 is 12.2. The highest BCUT2D eigenvalue weighted by molar-refractivity contribution is 7.99. The van der Waals surface area contributed by atoms with Crippen molar-refractivity contribution >= 4 is 23.3 Å². The molecule has 0 bridgehead atoms. The minimum Gasteiger partial charge on any atom is -0.388 e. The summed E-state index contributed by atoms with van der Waals surface area (Å²) in [5.41, 5.74) is 5.34. The largest absolute Gasteiger partial charge is 0.388 e. The van der Waals surface area contributed by atoms with Crippen LogP contribution in [0.15, 0.2) is 29.3 Å². The molecule has 2 aliphatic heterocycles. The number of anilines is 2. The molecule has 3 heterocycles. The minimum atomic E-state index is 0.126. The van der Waals surface area contributed by atoms with E-state index in [0.717, 1.165) is 64.9 Å². The number of aryl methyl sites for hydroxylation is 1. The van der Waals surface area contributed by atoms with E-state index in [1.807, 2.05) is 7.05 Å². The third-order valence-corrected chi connectivity index (χ3v) is 7.63. The lowest BCUT2D eigenvalue weighted by Crippen LogP contribution is -2.46. The zero-order valence-corrected chi connectivity index (χ0v) is 21.7. The van der Waals surface area contributed by atoms with Gasteiger partial charge in [0.05, 0.1) is 30.5 Å². The van der Waals surface area contributed by atoms with Crippen molar-refractivity contribution < 1.29 is 9.47 Å². The summed E-state index contributed by atoms with van der Waals surface area (Å²) in [5, 5.41) is 14.2. The molecule has 3 unspecified atom stereocenters. The van der Waals surface area contributed by atoms with E-state index in [1.54, 1.807) is 11.8 Å². The fraction of sp³-hybridized carbons (Fsp3) is 0.556. The van der Waals surface area contributed by atoms with Crippen molar-refractivity contribution in [2.45, 2.75) is 70.5 Å². The zero-order chi connectivity index (χ0) is 24.2. The number of nitriles is 1. The van der Waals surface area contributed by atoms with Crippen LogP contribution >= 0.6 is 11.8 Å². The number of hydrogen-bond acceptors (Lipinski definition) is 7.